The molecule has 220 valence electrons. The first-order chi connectivity index (χ1) is 19.2. The summed E-state index contributed by atoms with van der Waals surface area (Å²) in [4.78, 5) is 11.6. The summed E-state index contributed by atoms with van der Waals surface area (Å²) in [7, 11) is -9.01. The largest absolute Gasteiger partial charge is 0.451 e. The Morgan fingerprint density at radius 3 is 2.12 bits per heavy atom. The second kappa shape index (κ2) is 12.4. The maximum absolute atomic E-state index is 14.9. The van der Waals surface area contributed by atoms with E-state index in [0.29, 0.717) is 21.5 Å². The number of ether oxygens (including phenoxy) is 1. The Hall–Kier alpha value is -2.56. The van der Waals surface area contributed by atoms with E-state index in [-0.39, 0.29) is 21.4 Å². The Bertz CT molecular complexity index is 1650. The topological polar surface area (TPSA) is 133 Å². The molecule has 0 bridgehead atoms. The number of piperazine rings is 1. The molecular formula is C24H20Cl3F2N3O7S2. The summed E-state index contributed by atoms with van der Waals surface area (Å²) >= 11 is 18.0. The van der Waals surface area contributed by atoms with Crippen molar-refractivity contribution in [3.63, 3.8) is 0 Å². The van der Waals surface area contributed by atoms with Crippen molar-refractivity contribution < 1.29 is 40.4 Å². The standard InChI is InChI=1S/C24H20Cl3F2N3O7S2/c25-14-4-6-15(7-5-14)39-23-20(28)10-16(11-21(23)29)41(37,38)32-9-8-31(12-22(32)24(33)30-34)40(35,36)13-17-18(26)2-1-3-19(17)27/h1-7,10-11,22,34H,8-9,12-13H2,(H,30,33)/t22-/m0/s1. The normalized spacial score (nSPS) is 16.9. The van der Waals surface area contributed by atoms with Crippen LogP contribution < -0.4 is 10.2 Å². The van der Waals surface area contributed by atoms with Crippen LogP contribution in [0.3, 0.4) is 0 Å². The average molecular weight is 671 g/mol. The molecular weight excluding hydrogens is 651 g/mol. The van der Waals surface area contributed by atoms with Gasteiger partial charge in [-0.05, 0) is 48.5 Å². The number of hydrogen-bond acceptors (Lipinski definition) is 7. The van der Waals surface area contributed by atoms with Gasteiger partial charge in [0.25, 0.3) is 5.91 Å². The first-order valence-electron chi connectivity index (χ1n) is 11.5. The van der Waals surface area contributed by atoms with Crippen LogP contribution in [0.1, 0.15) is 5.56 Å². The van der Waals surface area contributed by atoms with Crippen molar-refractivity contribution in [3.8, 4) is 11.5 Å². The van der Waals surface area contributed by atoms with Crippen LogP contribution in [0, 0.1) is 11.6 Å². The van der Waals surface area contributed by atoms with E-state index < -0.39 is 79.7 Å². The fourth-order valence-electron chi connectivity index (χ4n) is 4.05. The number of nitrogens with zero attached hydrogens (tertiary/aromatic N) is 2. The molecule has 17 heteroatoms. The Morgan fingerprint density at radius 1 is 0.976 bits per heavy atom. The number of carbonyl (C=O) groups excluding carboxylic acids is 1. The summed E-state index contributed by atoms with van der Waals surface area (Å²) in [6.07, 6.45) is 0. The molecule has 0 spiro atoms. The molecule has 41 heavy (non-hydrogen) atoms. The summed E-state index contributed by atoms with van der Waals surface area (Å²) in [6, 6.07) is 9.12. The number of carbonyl (C=O) groups is 1. The highest BCUT2D eigenvalue weighted by Gasteiger charge is 2.43. The van der Waals surface area contributed by atoms with Crippen molar-refractivity contribution in [1.29, 1.82) is 0 Å². The van der Waals surface area contributed by atoms with Gasteiger partial charge in [-0.2, -0.15) is 8.61 Å². The van der Waals surface area contributed by atoms with Crippen molar-refractivity contribution in [1.82, 2.24) is 14.1 Å². The third-order valence-corrected chi connectivity index (χ3v) is 10.7. The number of hydroxylamine groups is 1. The van der Waals surface area contributed by atoms with E-state index >= 15 is 0 Å². The van der Waals surface area contributed by atoms with Gasteiger partial charge in [-0.15, -0.1) is 0 Å². The fraction of sp³-hybridized carbons (Fsp3) is 0.208. The third kappa shape index (κ3) is 6.75. The highest BCUT2D eigenvalue weighted by Crippen LogP contribution is 2.33. The van der Waals surface area contributed by atoms with Crippen molar-refractivity contribution >= 4 is 60.8 Å². The second-order valence-corrected chi connectivity index (χ2v) is 13.8. The summed E-state index contributed by atoms with van der Waals surface area (Å²) in [5.74, 6) is -5.51. The molecule has 0 aromatic heterocycles. The lowest BCUT2D eigenvalue weighted by Gasteiger charge is -2.38. The van der Waals surface area contributed by atoms with E-state index in [1.807, 2.05) is 0 Å². The molecule has 4 rings (SSSR count). The minimum absolute atomic E-state index is 0.0258. The zero-order valence-electron chi connectivity index (χ0n) is 20.6. The molecule has 0 radical (unpaired) electrons. The zero-order valence-corrected chi connectivity index (χ0v) is 24.5. The quantitative estimate of drug-likeness (QED) is 0.268. The SMILES string of the molecule is O=C(NO)[C@@H]1CN(S(=O)(=O)Cc2c(Cl)cccc2Cl)CCN1S(=O)(=O)c1cc(F)c(Oc2ccc(Cl)cc2)c(F)c1. The van der Waals surface area contributed by atoms with Crippen LogP contribution in [0.4, 0.5) is 8.78 Å². The summed E-state index contributed by atoms with van der Waals surface area (Å²) < 4.78 is 89.5. The van der Waals surface area contributed by atoms with Gasteiger partial charge in [-0.25, -0.2) is 31.1 Å². The van der Waals surface area contributed by atoms with Gasteiger partial charge in [0, 0.05) is 40.3 Å². The lowest BCUT2D eigenvalue weighted by Crippen LogP contribution is -2.61. The molecule has 10 nitrogen and oxygen atoms in total. The fourth-order valence-corrected chi connectivity index (χ4v) is 8.05. The lowest BCUT2D eigenvalue weighted by molar-refractivity contribution is -0.134. The number of nitrogens with one attached hydrogen (secondary N) is 1. The van der Waals surface area contributed by atoms with Gasteiger partial charge in [0.1, 0.15) is 11.8 Å². The molecule has 0 aliphatic carbocycles. The first kappa shape index (κ1) is 31.4. The average Bonchev–Trinajstić information content (AvgIpc) is 2.93. The van der Waals surface area contributed by atoms with Gasteiger partial charge >= 0.3 is 0 Å². The monoisotopic (exact) mass is 669 g/mol. The van der Waals surface area contributed by atoms with E-state index in [1.54, 1.807) is 0 Å². The maximum Gasteiger partial charge on any atom is 0.263 e. The van der Waals surface area contributed by atoms with Crippen LogP contribution in [-0.4, -0.2) is 62.2 Å². The van der Waals surface area contributed by atoms with Crippen LogP contribution in [-0.2, 0) is 30.6 Å². The molecule has 1 heterocycles. The summed E-state index contributed by atoms with van der Waals surface area (Å²) in [6.45, 7) is -1.75. The molecule has 3 aromatic rings. The molecule has 1 aliphatic rings. The highest BCUT2D eigenvalue weighted by atomic mass is 35.5. The van der Waals surface area contributed by atoms with Gasteiger partial charge in [-0.3, -0.25) is 10.0 Å². The van der Waals surface area contributed by atoms with Crippen molar-refractivity contribution in [2.45, 2.75) is 16.7 Å². The highest BCUT2D eigenvalue weighted by molar-refractivity contribution is 7.89. The first-order valence-corrected chi connectivity index (χ1v) is 15.7. The second-order valence-electron chi connectivity index (χ2n) is 8.69. The van der Waals surface area contributed by atoms with Crippen molar-refractivity contribution in [2.24, 2.45) is 0 Å². The van der Waals surface area contributed by atoms with E-state index in [9.17, 15) is 35.6 Å². The molecule has 0 saturated carbocycles. The molecule has 3 aromatic carbocycles. The van der Waals surface area contributed by atoms with Gasteiger partial charge in [-0.1, -0.05) is 40.9 Å². The minimum Gasteiger partial charge on any atom is -0.451 e. The molecule has 1 aliphatic heterocycles. The Balaban J connectivity index is 1.61. The van der Waals surface area contributed by atoms with Crippen LogP contribution in [0.15, 0.2) is 59.5 Å². The molecule has 1 amide bonds. The van der Waals surface area contributed by atoms with Crippen LogP contribution in [0.5, 0.6) is 11.5 Å². The van der Waals surface area contributed by atoms with Crippen LogP contribution in [0.25, 0.3) is 0 Å². The van der Waals surface area contributed by atoms with Crippen LogP contribution in [0.2, 0.25) is 15.1 Å². The van der Waals surface area contributed by atoms with Crippen molar-refractivity contribution in [2.75, 3.05) is 19.6 Å². The molecule has 1 saturated heterocycles. The number of rotatable bonds is 8. The number of hydrogen-bond donors (Lipinski definition) is 2. The van der Waals surface area contributed by atoms with E-state index in [0.717, 1.165) is 4.31 Å². The third-order valence-electron chi connectivity index (χ3n) is 6.10. The van der Waals surface area contributed by atoms with Gasteiger partial charge < -0.3 is 4.74 Å². The predicted octanol–water partition coefficient (Wildman–Crippen LogP) is 4.43. The lowest BCUT2D eigenvalue weighted by atomic mass is 10.2. The Morgan fingerprint density at radius 2 is 1.56 bits per heavy atom. The summed E-state index contributed by atoms with van der Waals surface area (Å²) in [5, 5.41) is 9.77. The molecule has 0 unspecified atom stereocenters. The van der Waals surface area contributed by atoms with E-state index in [2.05, 4.69) is 0 Å². The van der Waals surface area contributed by atoms with Gasteiger partial charge in [0.15, 0.2) is 17.4 Å². The van der Waals surface area contributed by atoms with Gasteiger partial charge in [0.05, 0.1) is 10.6 Å². The number of amides is 1. The number of benzene rings is 3. The maximum atomic E-state index is 14.9. The zero-order chi connectivity index (χ0) is 30.1. The molecule has 1 atom stereocenters. The van der Waals surface area contributed by atoms with E-state index in [4.69, 9.17) is 39.5 Å². The minimum atomic E-state index is -4.80. The summed E-state index contributed by atoms with van der Waals surface area (Å²) in [5.41, 5.74) is 1.40. The van der Waals surface area contributed by atoms with Crippen LogP contribution >= 0.6 is 34.8 Å². The number of halogens is 5. The number of sulfonamides is 2. The van der Waals surface area contributed by atoms with Gasteiger partial charge in [0.2, 0.25) is 20.0 Å². The predicted molar refractivity (Wildman–Crippen MR) is 146 cm³/mol. The Labute approximate surface area is 249 Å². The molecule has 1 fully saturated rings. The van der Waals surface area contributed by atoms with Crippen molar-refractivity contribution in [3.05, 3.63) is 86.9 Å². The molecule has 2 N–H and O–H groups in total. The smallest absolute Gasteiger partial charge is 0.263 e. The van der Waals surface area contributed by atoms with E-state index in [1.165, 1.54) is 47.9 Å². The Kier molecular flexibility index (Phi) is 9.45.